The molecule has 110 valence electrons. The van der Waals surface area contributed by atoms with E-state index in [1.54, 1.807) is 24.3 Å². The summed E-state index contributed by atoms with van der Waals surface area (Å²) in [5.41, 5.74) is 0.691. The molecule has 2 nitrogen and oxygen atoms in total. The maximum Gasteiger partial charge on any atom is 0.416 e. The maximum atomic E-state index is 12.4. The minimum absolute atomic E-state index is 0.147. The molecule has 0 aliphatic heterocycles. The Morgan fingerprint density at radius 2 is 1.67 bits per heavy atom. The van der Waals surface area contributed by atoms with Crippen LogP contribution in [0.1, 0.15) is 16.7 Å². The van der Waals surface area contributed by atoms with Crippen molar-refractivity contribution in [3.05, 3.63) is 65.2 Å². The van der Waals surface area contributed by atoms with Gasteiger partial charge in [-0.3, -0.25) is 0 Å². The Morgan fingerprint density at radius 3 is 2.29 bits per heavy atom. The summed E-state index contributed by atoms with van der Waals surface area (Å²) in [6, 6.07) is 11.9. The summed E-state index contributed by atoms with van der Waals surface area (Å²) >= 11 is 0. The Labute approximate surface area is 120 Å². The van der Waals surface area contributed by atoms with Crippen molar-refractivity contribution in [1.29, 1.82) is 0 Å². The van der Waals surface area contributed by atoms with Crippen molar-refractivity contribution in [2.75, 3.05) is 0 Å². The van der Waals surface area contributed by atoms with Crippen LogP contribution in [0.25, 0.3) is 0 Å². The molecule has 2 aromatic carbocycles. The molecule has 0 radical (unpaired) electrons. The largest absolute Gasteiger partial charge is 0.489 e. The van der Waals surface area contributed by atoms with Crippen LogP contribution in [-0.4, -0.2) is 6.29 Å². The van der Waals surface area contributed by atoms with Gasteiger partial charge in [-0.2, -0.15) is 13.2 Å². The number of hydrogen-bond acceptors (Lipinski definition) is 2. The Hall–Kier alpha value is -2.30. The molecule has 0 aliphatic rings. The number of ether oxygens (including phenoxy) is 1. The molecule has 0 spiro atoms. The van der Waals surface area contributed by atoms with Gasteiger partial charge in [0.05, 0.1) is 5.56 Å². The van der Waals surface area contributed by atoms with Gasteiger partial charge in [0.15, 0.2) is 0 Å². The molecule has 0 N–H and O–H groups in total. The topological polar surface area (TPSA) is 26.3 Å². The third-order valence-corrected chi connectivity index (χ3v) is 2.95. The van der Waals surface area contributed by atoms with E-state index in [-0.39, 0.29) is 13.0 Å². The van der Waals surface area contributed by atoms with Crippen LogP contribution in [0, 0.1) is 0 Å². The van der Waals surface area contributed by atoms with Crippen molar-refractivity contribution in [2.45, 2.75) is 19.2 Å². The van der Waals surface area contributed by atoms with Gasteiger partial charge in [-0.05, 0) is 23.8 Å². The van der Waals surface area contributed by atoms with Crippen molar-refractivity contribution in [3.8, 4) is 5.75 Å². The lowest BCUT2D eigenvalue weighted by Crippen LogP contribution is -2.05. The van der Waals surface area contributed by atoms with Crippen molar-refractivity contribution in [2.24, 2.45) is 0 Å². The number of carbonyl (C=O) groups excluding carboxylic acids is 1. The lowest BCUT2D eigenvalue weighted by molar-refractivity contribution is -0.137. The number of rotatable bonds is 5. The van der Waals surface area contributed by atoms with E-state index in [4.69, 9.17) is 4.74 Å². The smallest absolute Gasteiger partial charge is 0.416 e. The molecule has 0 aliphatic carbocycles. The number of halogens is 3. The molecule has 0 heterocycles. The summed E-state index contributed by atoms with van der Waals surface area (Å²) < 4.78 is 42.9. The predicted molar refractivity (Wildman–Crippen MR) is 72.0 cm³/mol. The van der Waals surface area contributed by atoms with Gasteiger partial charge in [0, 0.05) is 12.0 Å². The molecule has 0 saturated heterocycles. The molecule has 2 rings (SSSR count). The van der Waals surface area contributed by atoms with E-state index in [0.717, 1.165) is 24.0 Å². The van der Waals surface area contributed by atoms with Crippen LogP contribution in [0.5, 0.6) is 5.75 Å². The molecule has 0 fully saturated rings. The van der Waals surface area contributed by atoms with Crippen LogP contribution in [0.3, 0.4) is 0 Å². The zero-order chi connectivity index (χ0) is 15.3. The molecule has 21 heavy (non-hydrogen) atoms. The quantitative estimate of drug-likeness (QED) is 0.778. The van der Waals surface area contributed by atoms with Gasteiger partial charge < -0.3 is 9.53 Å². The average molecular weight is 294 g/mol. The van der Waals surface area contributed by atoms with E-state index in [1.165, 1.54) is 12.1 Å². The zero-order valence-corrected chi connectivity index (χ0v) is 11.1. The number of benzene rings is 2. The zero-order valence-electron chi connectivity index (χ0n) is 11.1. The summed E-state index contributed by atoms with van der Waals surface area (Å²) in [5.74, 6) is 0.560. The normalized spacial score (nSPS) is 11.2. The molecular weight excluding hydrogens is 281 g/mol. The van der Waals surface area contributed by atoms with Crippen LogP contribution >= 0.6 is 0 Å². The lowest BCUT2D eigenvalue weighted by atomic mass is 10.1. The average Bonchev–Trinajstić information content (AvgIpc) is 2.46. The molecule has 2 aromatic rings. The van der Waals surface area contributed by atoms with Crippen molar-refractivity contribution < 1.29 is 22.7 Å². The second-order valence-corrected chi connectivity index (χ2v) is 4.46. The van der Waals surface area contributed by atoms with Gasteiger partial charge in [-0.1, -0.05) is 30.3 Å². The van der Waals surface area contributed by atoms with E-state index < -0.39 is 11.7 Å². The van der Waals surface area contributed by atoms with Gasteiger partial charge in [0.1, 0.15) is 18.6 Å². The van der Waals surface area contributed by atoms with Crippen LogP contribution in [0.15, 0.2) is 48.5 Å². The Bertz CT molecular complexity index is 604. The van der Waals surface area contributed by atoms with E-state index in [1.807, 2.05) is 0 Å². The minimum atomic E-state index is -4.34. The summed E-state index contributed by atoms with van der Waals surface area (Å²) in [7, 11) is 0. The van der Waals surface area contributed by atoms with E-state index in [9.17, 15) is 18.0 Å². The second-order valence-electron chi connectivity index (χ2n) is 4.46. The monoisotopic (exact) mass is 294 g/mol. The van der Waals surface area contributed by atoms with Crippen LogP contribution in [-0.2, 0) is 24.0 Å². The summed E-state index contributed by atoms with van der Waals surface area (Å²) in [4.78, 5) is 10.6. The Kier molecular flexibility index (Phi) is 4.62. The molecule has 0 unspecified atom stereocenters. The maximum absolute atomic E-state index is 12.4. The van der Waals surface area contributed by atoms with E-state index >= 15 is 0 Å². The van der Waals surface area contributed by atoms with Gasteiger partial charge in [-0.25, -0.2) is 0 Å². The Morgan fingerprint density at radius 1 is 1.00 bits per heavy atom. The summed E-state index contributed by atoms with van der Waals surface area (Å²) in [6.45, 7) is 0.147. The molecule has 0 bridgehead atoms. The first-order chi connectivity index (χ1) is 10.0. The van der Waals surface area contributed by atoms with Crippen LogP contribution in [0.4, 0.5) is 13.2 Å². The highest BCUT2D eigenvalue weighted by Crippen LogP contribution is 2.29. The SMILES string of the molecule is O=CCc1ccccc1OCc1ccc(C(F)(F)F)cc1. The number of para-hydroxylation sites is 1. The fourth-order valence-corrected chi connectivity index (χ4v) is 1.85. The number of aldehydes is 1. The fraction of sp³-hybridized carbons (Fsp3) is 0.188. The first-order valence-corrected chi connectivity index (χ1v) is 6.31. The summed E-state index contributed by atoms with van der Waals surface area (Å²) in [5, 5.41) is 0. The van der Waals surface area contributed by atoms with Crippen LogP contribution < -0.4 is 4.74 Å². The first kappa shape index (κ1) is 15.1. The molecular formula is C16H13F3O2. The second kappa shape index (κ2) is 6.43. The Balaban J connectivity index is 2.05. The minimum Gasteiger partial charge on any atom is -0.489 e. The molecule has 0 aromatic heterocycles. The van der Waals surface area contributed by atoms with Gasteiger partial charge in [0.25, 0.3) is 0 Å². The summed E-state index contributed by atoms with van der Waals surface area (Å²) in [6.07, 6.45) is -3.32. The fourth-order valence-electron chi connectivity index (χ4n) is 1.85. The van der Waals surface area contributed by atoms with Crippen molar-refractivity contribution in [1.82, 2.24) is 0 Å². The number of hydrogen-bond donors (Lipinski definition) is 0. The van der Waals surface area contributed by atoms with Gasteiger partial charge in [-0.15, -0.1) is 0 Å². The van der Waals surface area contributed by atoms with Crippen molar-refractivity contribution >= 4 is 6.29 Å². The highest BCUT2D eigenvalue weighted by atomic mass is 19.4. The van der Waals surface area contributed by atoms with Gasteiger partial charge in [0.2, 0.25) is 0 Å². The third-order valence-electron chi connectivity index (χ3n) is 2.95. The van der Waals surface area contributed by atoms with Crippen molar-refractivity contribution in [3.63, 3.8) is 0 Å². The number of carbonyl (C=O) groups is 1. The van der Waals surface area contributed by atoms with Gasteiger partial charge >= 0.3 is 6.18 Å². The highest BCUT2D eigenvalue weighted by molar-refractivity contribution is 5.57. The predicted octanol–water partition coefficient (Wildman–Crippen LogP) is 4.03. The highest BCUT2D eigenvalue weighted by Gasteiger charge is 2.29. The molecule has 5 heteroatoms. The lowest BCUT2D eigenvalue weighted by Gasteiger charge is -2.11. The first-order valence-electron chi connectivity index (χ1n) is 6.31. The van der Waals surface area contributed by atoms with Crippen LogP contribution in [0.2, 0.25) is 0 Å². The molecule has 0 saturated carbocycles. The van der Waals surface area contributed by atoms with E-state index in [2.05, 4.69) is 0 Å². The molecule has 0 amide bonds. The molecule has 0 atom stereocenters. The number of alkyl halides is 3. The third kappa shape index (κ3) is 4.08. The standard InChI is InChI=1S/C16H13F3O2/c17-16(18,19)14-7-5-12(6-8-14)11-21-15-4-2-1-3-13(15)9-10-20/h1-8,10H,9,11H2. The van der Waals surface area contributed by atoms with E-state index in [0.29, 0.717) is 11.3 Å².